The first-order valence-corrected chi connectivity index (χ1v) is 5.77. The second-order valence-corrected chi connectivity index (χ2v) is 4.25. The van der Waals surface area contributed by atoms with Gasteiger partial charge in [-0.25, -0.2) is 0 Å². The maximum atomic E-state index is 11.9. The molecular formula is C13H15N3O2. The fraction of sp³-hybridized carbons (Fsp3) is 0.308. The van der Waals surface area contributed by atoms with Crippen molar-refractivity contribution in [2.24, 2.45) is 7.05 Å². The van der Waals surface area contributed by atoms with Gasteiger partial charge in [-0.1, -0.05) is 6.08 Å². The van der Waals surface area contributed by atoms with E-state index in [-0.39, 0.29) is 11.8 Å². The van der Waals surface area contributed by atoms with Crippen LogP contribution in [0.25, 0.3) is 6.08 Å². The molecule has 1 aliphatic heterocycles. The Hall–Kier alpha value is -2.17. The van der Waals surface area contributed by atoms with Crippen molar-refractivity contribution in [2.75, 3.05) is 6.54 Å². The molecule has 2 rings (SSSR count). The summed E-state index contributed by atoms with van der Waals surface area (Å²) in [5.74, 6) is -0.488. The zero-order valence-corrected chi connectivity index (χ0v) is 10.5. The zero-order valence-electron chi connectivity index (χ0n) is 10.5. The van der Waals surface area contributed by atoms with Crippen LogP contribution in [0.15, 0.2) is 30.1 Å². The molecule has 0 atom stereocenters. The lowest BCUT2D eigenvalue weighted by Crippen LogP contribution is -2.39. The minimum atomic E-state index is -0.281. The van der Waals surface area contributed by atoms with E-state index < -0.39 is 0 Å². The Kier molecular flexibility index (Phi) is 3.41. The molecule has 0 aromatic carbocycles. The average molecular weight is 245 g/mol. The highest BCUT2D eigenvalue weighted by atomic mass is 16.2. The number of rotatable bonds is 2. The summed E-state index contributed by atoms with van der Waals surface area (Å²) in [6, 6.07) is 0. The van der Waals surface area contributed by atoms with E-state index in [1.54, 1.807) is 30.1 Å². The summed E-state index contributed by atoms with van der Waals surface area (Å²) >= 11 is 0. The second-order valence-electron chi connectivity index (χ2n) is 4.25. The van der Waals surface area contributed by atoms with Crippen molar-refractivity contribution in [3.8, 4) is 0 Å². The summed E-state index contributed by atoms with van der Waals surface area (Å²) < 4.78 is 1.66. The smallest absolute Gasteiger partial charge is 0.256 e. The first-order chi connectivity index (χ1) is 8.58. The molecule has 0 fully saturated rings. The predicted molar refractivity (Wildman–Crippen MR) is 67.3 cm³/mol. The van der Waals surface area contributed by atoms with Gasteiger partial charge in [-0.05, 0) is 19.4 Å². The number of aryl methyl sites for hydroxylation is 1. The Morgan fingerprint density at radius 2 is 2.28 bits per heavy atom. The van der Waals surface area contributed by atoms with E-state index in [0.717, 1.165) is 12.0 Å². The number of hydrogen-bond donors (Lipinski definition) is 0. The quantitative estimate of drug-likeness (QED) is 0.734. The minimum absolute atomic E-state index is 0.206. The van der Waals surface area contributed by atoms with Crippen molar-refractivity contribution in [1.29, 1.82) is 0 Å². The van der Waals surface area contributed by atoms with Gasteiger partial charge >= 0.3 is 0 Å². The number of imide groups is 1. The van der Waals surface area contributed by atoms with Crippen LogP contribution in [0, 0.1) is 0 Å². The molecule has 0 N–H and O–H groups in total. The summed E-state index contributed by atoms with van der Waals surface area (Å²) in [6.07, 6.45) is 9.12. The fourth-order valence-corrected chi connectivity index (χ4v) is 1.81. The van der Waals surface area contributed by atoms with E-state index in [0.29, 0.717) is 12.1 Å². The summed E-state index contributed by atoms with van der Waals surface area (Å²) in [7, 11) is 1.81. The van der Waals surface area contributed by atoms with Crippen molar-refractivity contribution < 1.29 is 9.59 Å². The molecule has 5 nitrogen and oxygen atoms in total. The van der Waals surface area contributed by atoms with Gasteiger partial charge in [0.2, 0.25) is 0 Å². The molecular weight excluding hydrogens is 230 g/mol. The molecule has 1 aliphatic rings. The first-order valence-electron chi connectivity index (χ1n) is 5.77. The molecule has 18 heavy (non-hydrogen) atoms. The van der Waals surface area contributed by atoms with Crippen molar-refractivity contribution in [2.45, 2.75) is 13.3 Å². The summed E-state index contributed by atoms with van der Waals surface area (Å²) in [5.41, 5.74) is 1.46. The van der Waals surface area contributed by atoms with Gasteiger partial charge in [0.25, 0.3) is 11.8 Å². The Labute approximate surface area is 105 Å². The van der Waals surface area contributed by atoms with Gasteiger partial charge in [0.15, 0.2) is 0 Å². The zero-order chi connectivity index (χ0) is 13.1. The molecule has 0 spiro atoms. The summed E-state index contributed by atoms with van der Waals surface area (Å²) in [4.78, 5) is 24.9. The van der Waals surface area contributed by atoms with E-state index in [2.05, 4.69) is 5.10 Å². The predicted octanol–water partition coefficient (Wildman–Crippen LogP) is 1.14. The molecule has 5 heteroatoms. The van der Waals surface area contributed by atoms with E-state index in [4.69, 9.17) is 0 Å². The Morgan fingerprint density at radius 3 is 2.94 bits per heavy atom. The number of aromatic nitrogens is 2. The maximum absolute atomic E-state index is 11.9. The summed E-state index contributed by atoms with van der Waals surface area (Å²) in [6.45, 7) is 2.18. The van der Waals surface area contributed by atoms with Gasteiger partial charge in [-0.2, -0.15) is 5.10 Å². The van der Waals surface area contributed by atoms with E-state index in [1.165, 1.54) is 11.0 Å². The molecule has 0 unspecified atom stereocenters. The van der Waals surface area contributed by atoms with Crippen molar-refractivity contribution in [3.05, 3.63) is 35.7 Å². The van der Waals surface area contributed by atoms with Gasteiger partial charge in [-0.15, -0.1) is 0 Å². The second kappa shape index (κ2) is 5.00. The monoisotopic (exact) mass is 245 g/mol. The standard InChI is InChI=1S/C13H15N3O2/c1-10-4-3-7-16(13(10)18)12(17)6-5-11-8-14-15(2)9-11/h4-6,8-9H,3,7H2,1-2H3. The van der Waals surface area contributed by atoms with Gasteiger partial charge in [0.05, 0.1) is 6.20 Å². The molecule has 0 saturated carbocycles. The van der Waals surface area contributed by atoms with Crippen LogP contribution in [0.5, 0.6) is 0 Å². The Bertz CT molecular complexity index is 540. The van der Waals surface area contributed by atoms with Crippen molar-refractivity contribution in [1.82, 2.24) is 14.7 Å². The number of nitrogens with zero attached hydrogens (tertiary/aromatic N) is 3. The minimum Gasteiger partial charge on any atom is -0.275 e. The fourth-order valence-electron chi connectivity index (χ4n) is 1.81. The molecule has 2 amide bonds. The molecule has 1 aromatic heterocycles. The van der Waals surface area contributed by atoms with Gasteiger partial charge in [0, 0.05) is 37.0 Å². The number of amides is 2. The normalized spacial score (nSPS) is 16.2. The number of hydrogen-bond acceptors (Lipinski definition) is 3. The highest BCUT2D eigenvalue weighted by molar-refractivity contribution is 6.09. The van der Waals surface area contributed by atoms with Crippen molar-refractivity contribution >= 4 is 17.9 Å². The summed E-state index contributed by atoms with van der Waals surface area (Å²) in [5, 5.41) is 4.00. The largest absolute Gasteiger partial charge is 0.275 e. The van der Waals surface area contributed by atoms with Crippen LogP contribution in [-0.4, -0.2) is 33.0 Å². The molecule has 0 bridgehead atoms. The lowest BCUT2D eigenvalue weighted by atomic mass is 10.1. The van der Waals surface area contributed by atoms with Crippen LogP contribution in [-0.2, 0) is 16.6 Å². The van der Waals surface area contributed by atoms with Crippen LogP contribution >= 0.6 is 0 Å². The molecule has 0 aliphatic carbocycles. The van der Waals surface area contributed by atoms with E-state index in [1.807, 2.05) is 13.1 Å². The third-order valence-corrected chi connectivity index (χ3v) is 2.79. The molecule has 0 saturated heterocycles. The van der Waals surface area contributed by atoms with Crippen LogP contribution in [0.2, 0.25) is 0 Å². The van der Waals surface area contributed by atoms with Gasteiger partial charge < -0.3 is 0 Å². The van der Waals surface area contributed by atoms with E-state index >= 15 is 0 Å². The number of carbonyl (C=O) groups excluding carboxylic acids is 2. The van der Waals surface area contributed by atoms with Crippen LogP contribution in [0.1, 0.15) is 18.9 Å². The third kappa shape index (κ3) is 2.56. The lowest BCUT2D eigenvalue weighted by Gasteiger charge is -2.22. The molecule has 2 heterocycles. The topological polar surface area (TPSA) is 55.2 Å². The molecule has 0 radical (unpaired) electrons. The van der Waals surface area contributed by atoms with Gasteiger partial charge in [0.1, 0.15) is 0 Å². The average Bonchev–Trinajstić information content (AvgIpc) is 2.76. The third-order valence-electron chi connectivity index (χ3n) is 2.79. The Morgan fingerprint density at radius 1 is 1.50 bits per heavy atom. The Balaban J connectivity index is 2.06. The van der Waals surface area contributed by atoms with Crippen LogP contribution in [0.4, 0.5) is 0 Å². The first kappa shape index (κ1) is 12.3. The SMILES string of the molecule is CC1=CCCN(C(=O)C=Cc2cnn(C)c2)C1=O. The van der Waals surface area contributed by atoms with Gasteiger partial charge in [-0.3, -0.25) is 19.2 Å². The maximum Gasteiger partial charge on any atom is 0.256 e. The van der Waals surface area contributed by atoms with Crippen molar-refractivity contribution in [3.63, 3.8) is 0 Å². The molecule has 1 aromatic rings. The highest BCUT2D eigenvalue weighted by Gasteiger charge is 2.22. The number of carbonyl (C=O) groups is 2. The highest BCUT2D eigenvalue weighted by Crippen LogP contribution is 2.11. The lowest BCUT2D eigenvalue weighted by molar-refractivity contribution is -0.139. The van der Waals surface area contributed by atoms with Crippen LogP contribution < -0.4 is 0 Å². The molecule has 94 valence electrons. The van der Waals surface area contributed by atoms with E-state index in [9.17, 15) is 9.59 Å². The van der Waals surface area contributed by atoms with Crippen LogP contribution in [0.3, 0.4) is 0 Å².